The lowest BCUT2D eigenvalue weighted by Crippen LogP contribution is -2.53. The summed E-state index contributed by atoms with van der Waals surface area (Å²) in [6.07, 6.45) is 3.22. The van der Waals surface area contributed by atoms with Crippen LogP contribution in [0.5, 0.6) is 5.75 Å². The Balaban J connectivity index is 1.83. The lowest BCUT2D eigenvalue weighted by molar-refractivity contribution is -0.137. The van der Waals surface area contributed by atoms with E-state index >= 15 is 0 Å². The summed E-state index contributed by atoms with van der Waals surface area (Å²) in [5, 5.41) is 0. The first-order valence-electron chi connectivity index (χ1n) is 8.32. The summed E-state index contributed by atoms with van der Waals surface area (Å²) in [6, 6.07) is 6.19. The van der Waals surface area contributed by atoms with Crippen LogP contribution in [0.2, 0.25) is 0 Å². The van der Waals surface area contributed by atoms with E-state index in [2.05, 4.69) is 13.8 Å². The minimum absolute atomic E-state index is 0.00551. The average molecular weight is 316 g/mol. The molecule has 23 heavy (non-hydrogen) atoms. The molecule has 0 unspecified atom stereocenters. The molecule has 0 spiro atoms. The Morgan fingerprint density at radius 1 is 1.26 bits per heavy atom. The molecular weight excluding hydrogens is 292 g/mol. The number of fused-ring (bicyclic) bond motifs is 1. The van der Waals surface area contributed by atoms with E-state index in [1.54, 1.807) is 4.90 Å². The first kappa shape index (κ1) is 15.8. The number of benzene rings is 1. The SMILES string of the molecule is Cc1ccc2c(c1)N(CC(=O)N1[C@H](C)CCC[C@@H]1C)C(=O)CO2. The van der Waals surface area contributed by atoms with Gasteiger partial charge in [-0.05, 0) is 57.7 Å². The van der Waals surface area contributed by atoms with Crippen molar-refractivity contribution in [2.45, 2.75) is 52.1 Å². The number of ether oxygens (including phenoxy) is 1. The Bertz CT molecular complexity index is 619. The third-order valence-electron chi connectivity index (χ3n) is 4.83. The van der Waals surface area contributed by atoms with Crippen LogP contribution in [0.4, 0.5) is 5.69 Å². The lowest BCUT2D eigenvalue weighted by atomic mass is 9.97. The summed E-state index contributed by atoms with van der Waals surface area (Å²) in [4.78, 5) is 28.6. The van der Waals surface area contributed by atoms with Crippen LogP contribution in [-0.4, -0.2) is 41.9 Å². The van der Waals surface area contributed by atoms with Crippen LogP contribution in [0, 0.1) is 6.92 Å². The molecule has 3 rings (SSSR count). The van der Waals surface area contributed by atoms with Crippen molar-refractivity contribution in [1.82, 2.24) is 4.90 Å². The molecule has 1 aromatic carbocycles. The van der Waals surface area contributed by atoms with E-state index in [-0.39, 0.29) is 37.0 Å². The second-order valence-electron chi connectivity index (χ2n) is 6.67. The van der Waals surface area contributed by atoms with Gasteiger partial charge in [-0.1, -0.05) is 6.07 Å². The van der Waals surface area contributed by atoms with E-state index in [1.165, 1.54) is 0 Å². The van der Waals surface area contributed by atoms with Crippen molar-refractivity contribution in [3.8, 4) is 5.75 Å². The smallest absolute Gasteiger partial charge is 0.265 e. The largest absolute Gasteiger partial charge is 0.482 e. The van der Waals surface area contributed by atoms with Crippen molar-refractivity contribution >= 4 is 17.5 Å². The van der Waals surface area contributed by atoms with Crippen molar-refractivity contribution in [2.24, 2.45) is 0 Å². The van der Waals surface area contributed by atoms with Gasteiger partial charge in [0.1, 0.15) is 12.3 Å². The Labute approximate surface area is 137 Å². The zero-order valence-electron chi connectivity index (χ0n) is 14.0. The van der Waals surface area contributed by atoms with Crippen LogP contribution in [0.3, 0.4) is 0 Å². The number of likely N-dealkylation sites (tertiary alicyclic amines) is 1. The first-order chi connectivity index (χ1) is 11.0. The van der Waals surface area contributed by atoms with Crippen LogP contribution in [0.15, 0.2) is 18.2 Å². The topological polar surface area (TPSA) is 49.9 Å². The monoisotopic (exact) mass is 316 g/mol. The van der Waals surface area contributed by atoms with Gasteiger partial charge < -0.3 is 9.64 Å². The molecule has 2 heterocycles. The number of rotatable bonds is 2. The highest BCUT2D eigenvalue weighted by Crippen LogP contribution is 2.33. The molecular formula is C18H24N2O3. The van der Waals surface area contributed by atoms with E-state index < -0.39 is 0 Å². The lowest BCUT2D eigenvalue weighted by Gasteiger charge is -2.40. The van der Waals surface area contributed by atoms with Gasteiger partial charge in [-0.3, -0.25) is 14.5 Å². The Morgan fingerprint density at radius 3 is 2.65 bits per heavy atom. The maximum Gasteiger partial charge on any atom is 0.265 e. The fraction of sp³-hybridized carbons (Fsp3) is 0.556. The van der Waals surface area contributed by atoms with E-state index in [0.29, 0.717) is 11.4 Å². The molecule has 0 saturated carbocycles. The quantitative estimate of drug-likeness (QED) is 0.842. The van der Waals surface area contributed by atoms with Crippen molar-refractivity contribution in [3.05, 3.63) is 23.8 Å². The van der Waals surface area contributed by atoms with Crippen molar-refractivity contribution in [2.75, 3.05) is 18.1 Å². The molecule has 2 amide bonds. The van der Waals surface area contributed by atoms with Gasteiger partial charge in [-0.2, -0.15) is 0 Å². The summed E-state index contributed by atoms with van der Waals surface area (Å²) in [5.41, 5.74) is 1.74. The van der Waals surface area contributed by atoms with Gasteiger partial charge in [0.2, 0.25) is 5.91 Å². The fourth-order valence-corrected chi connectivity index (χ4v) is 3.62. The molecule has 2 aliphatic heterocycles. The molecule has 1 aromatic rings. The Hall–Kier alpha value is -2.04. The minimum atomic E-state index is -0.159. The van der Waals surface area contributed by atoms with Gasteiger partial charge in [0, 0.05) is 12.1 Å². The maximum absolute atomic E-state index is 12.8. The first-order valence-corrected chi connectivity index (χ1v) is 8.32. The zero-order valence-corrected chi connectivity index (χ0v) is 14.0. The summed E-state index contributed by atoms with van der Waals surface area (Å²) in [7, 11) is 0. The van der Waals surface area contributed by atoms with Gasteiger partial charge in [0.15, 0.2) is 6.61 Å². The summed E-state index contributed by atoms with van der Waals surface area (Å²) in [6.45, 7) is 6.23. The number of carbonyl (C=O) groups is 2. The average Bonchev–Trinajstić information content (AvgIpc) is 2.50. The molecule has 0 aromatic heterocycles. The number of nitrogens with zero attached hydrogens (tertiary/aromatic N) is 2. The number of amides is 2. The predicted molar refractivity (Wildman–Crippen MR) is 88.6 cm³/mol. The Morgan fingerprint density at radius 2 is 1.96 bits per heavy atom. The van der Waals surface area contributed by atoms with E-state index in [1.807, 2.05) is 30.0 Å². The van der Waals surface area contributed by atoms with Crippen molar-refractivity contribution in [3.63, 3.8) is 0 Å². The van der Waals surface area contributed by atoms with E-state index in [9.17, 15) is 9.59 Å². The number of hydrogen-bond acceptors (Lipinski definition) is 3. The second kappa shape index (κ2) is 6.22. The number of aryl methyl sites for hydroxylation is 1. The van der Waals surface area contributed by atoms with Crippen molar-refractivity contribution in [1.29, 1.82) is 0 Å². The van der Waals surface area contributed by atoms with Crippen LogP contribution < -0.4 is 9.64 Å². The highest BCUT2D eigenvalue weighted by molar-refractivity contribution is 6.02. The highest BCUT2D eigenvalue weighted by atomic mass is 16.5. The molecule has 0 N–H and O–H groups in total. The molecule has 1 saturated heterocycles. The van der Waals surface area contributed by atoms with Gasteiger partial charge >= 0.3 is 0 Å². The molecule has 5 nitrogen and oxygen atoms in total. The molecule has 1 fully saturated rings. The van der Waals surface area contributed by atoms with E-state index in [0.717, 1.165) is 24.8 Å². The second-order valence-corrected chi connectivity index (χ2v) is 6.67. The minimum Gasteiger partial charge on any atom is -0.482 e. The van der Waals surface area contributed by atoms with Gasteiger partial charge in [-0.15, -0.1) is 0 Å². The highest BCUT2D eigenvalue weighted by Gasteiger charge is 2.33. The van der Waals surface area contributed by atoms with Crippen LogP contribution >= 0.6 is 0 Å². The Kier molecular flexibility index (Phi) is 4.28. The number of hydrogen-bond donors (Lipinski definition) is 0. The molecule has 2 atom stereocenters. The summed E-state index contributed by atoms with van der Waals surface area (Å²) >= 11 is 0. The third-order valence-corrected chi connectivity index (χ3v) is 4.83. The summed E-state index contributed by atoms with van der Waals surface area (Å²) in [5.74, 6) is 0.531. The van der Waals surface area contributed by atoms with Gasteiger partial charge in [0.05, 0.1) is 5.69 Å². The number of piperidine rings is 1. The molecule has 0 aliphatic carbocycles. The predicted octanol–water partition coefficient (Wildman–Crippen LogP) is 2.51. The molecule has 2 aliphatic rings. The molecule has 5 heteroatoms. The molecule has 0 bridgehead atoms. The number of anilines is 1. The van der Waals surface area contributed by atoms with Gasteiger partial charge in [0.25, 0.3) is 5.91 Å². The van der Waals surface area contributed by atoms with Crippen LogP contribution in [0.25, 0.3) is 0 Å². The third kappa shape index (κ3) is 3.05. The normalized spacial score (nSPS) is 24.2. The van der Waals surface area contributed by atoms with Crippen LogP contribution in [-0.2, 0) is 9.59 Å². The molecule has 124 valence electrons. The van der Waals surface area contributed by atoms with Crippen molar-refractivity contribution < 1.29 is 14.3 Å². The fourth-order valence-electron chi connectivity index (χ4n) is 3.62. The zero-order chi connectivity index (χ0) is 16.6. The maximum atomic E-state index is 12.8. The van der Waals surface area contributed by atoms with E-state index in [4.69, 9.17) is 4.74 Å². The van der Waals surface area contributed by atoms with Gasteiger partial charge in [-0.25, -0.2) is 0 Å². The molecule has 0 radical (unpaired) electrons. The standard InChI is InChI=1S/C18H24N2O3/c1-12-7-8-16-15(9-12)19(18(22)11-23-16)10-17(21)20-13(2)5-4-6-14(20)3/h7-9,13-14H,4-6,10-11H2,1-3H3/t13-,14+. The van der Waals surface area contributed by atoms with Crippen LogP contribution in [0.1, 0.15) is 38.7 Å². The summed E-state index contributed by atoms with van der Waals surface area (Å²) < 4.78 is 5.47. The number of carbonyl (C=O) groups excluding carboxylic acids is 2.